The van der Waals surface area contributed by atoms with Crippen LogP contribution in [0.3, 0.4) is 0 Å². The summed E-state index contributed by atoms with van der Waals surface area (Å²) in [5.41, 5.74) is 0.999. The first-order valence-electron chi connectivity index (χ1n) is 5.81. The minimum atomic E-state index is 0.620. The van der Waals surface area contributed by atoms with Crippen molar-refractivity contribution in [3.8, 4) is 0 Å². The van der Waals surface area contributed by atoms with Gasteiger partial charge < -0.3 is 0 Å². The van der Waals surface area contributed by atoms with Crippen LogP contribution in [0.4, 0.5) is 0 Å². The fourth-order valence-corrected chi connectivity index (χ4v) is 1.73. The third-order valence-corrected chi connectivity index (χ3v) is 2.62. The maximum atomic E-state index is 5.63. The van der Waals surface area contributed by atoms with Gasteiger partial charge in [0.2, 0.25) is 0 Å². The summed E-state index contributed by atoms with van der Waals surface area (Å²) in [5, 5.41) is 8.11. The molecule has 0 aliphatic heterocycles. The zero-order valence-electron chi connectivity index (χ0n) is 9.45. The predicted octanol–water partition coefficient (Wildman–Crippen LogP) is 3.03. The van der Waals surface area contributed by atoms with Gasteiger partial charge in [-0.25, -0.2) is 0 Å². The number of aromatic nitrogens is 3. The first-order valence-corrected chi connectivity index (χ1v) is 6.35. The van der Waals surface area contributed by atoms with E-state index in [1.54, 1.807) is 0 Å². The van der Waals surface area contributed by atoms with Gasteiger partial charge in [0.1, 0.15) is 0 Å². The van der Waals surface area contributed by atoms with E-state index in [0.29, 0.717) is 5.88 Å². The average molecular weight is 230 g/mol. The Morgan fingerprint density at radius 2 is 2.07 bits per heavy atom. The molecule has 0 fully saturated rings. The normalized spacial score (nSPS) is 10.8. The van der Waals surface area contributed by atoms with E-state index < -0.39 is 0 Å². The highest BCUT2D eigenvalue weighted by Crippen LogP contribution is 2.04. The van der Waals surface area contributed by atoms with Gasteiger partial charge in [0, 0.05) is 25.0 Å². The minimum Gasteiger partial charge on any atom is -0.252 e. The third-order valence-electron chi connectivity index (χ3n) is 2.43. The molecule has 0 aliphatic carbocycles. The molecule has 0 radical (unpaired) electrons. The van der Waals surface area contributed by atoms with Crippen LogP contribution in [0.2, 0.25) is 0 Å². The molecular weight excluding hydrogens is 210 g/mol. The van der Waals surface area contributed by atoms with Gasteiger partial charge >= 0.3 is 0 Å². The second-order valence-electron chi connectivity index (χ2n) is 3.83. The molecule has 1 aromatic rings. The molecule has 0 N–H and O–H groups in total. The van der Waals surface area contributed by atoms with Gasteiger partial charge in [-0.05, 0) is 6.42 Å². The molecule has 0 unspecified atom stereocenters. The summed E-state index contributed by atoms with van der Waals surface area (Å²) in [5.74, 6) is 0.620. The van der Waals surface area contributed by atoms with Crippen molar-refractivity contribution in [3.63, 3.8) is 0 Å². The van der Waals surface area contributed by atoms with Crippen LogP contribution in [0.15, 0.2) is 6.20 Å². The van der Waals surface area contributed by atoms with Gasteiger partial charge in [-0.15, -0.1) is 16.7 Å². The second-order valence-corrected chi connectivity index (χ2v) is 4.20. The highest BCUT2D eigenvalue weighted by molar-refractivity contribution is 6.17. The van der Waals surface area contributed by atoms with Crippen molar-refractivity contribution in [2.24, 2.45) is 0 Å². The molecule has 0 saturated heterocycles. The van der Waals surface area contributed by atoms with Crippen LogP contribution in [-0.2, 0) is 13.0 Å². The van der Waals surface area contributed by atoms with E-state index in [4.69, 9.17) is 11.6 Å². The summed E-state index contributed by atoms with van der Waals surface area (Å²) < 4.78 is 1.92. The van der Waals surface area contributed by atoms with Crippen molar-refractivity contribution >= 4 is 11.6 Å². The fraction of sp³-hybridized carbons (Fsp3) is 0.818. The third kappa shape index (κ3) is 5.17. The Hall–Kier alpha value is -0.570. The first kappa shape index (κ1) is 12.5. The zero-order chi connectivity index (χ0) is 10.9. The van der Waals surface area contributed by atoms with E-state index in [2.05, 4.69) is 17.2 Å². The highest BCUT2D eigenvalue weighted by atomic mass is 35.5. The Kier molecular flexibility index (Phi) is 6.41. The smallest absolute Gasteiger partial charge is 0.0839 e. The molecule has 0 aromatic carbocycles. The largest absolute Gasteiger partial charge is 0.252 e. The van der Waals surface area contributed by atoms with Crippen LogP contribution >= 0.6 is 11.6 Å². The van der Waals surface area contributed by atoms with Gasteiger partial charge in [0.05, 0.1) is 5.69 Å². The van der Waals surface area contributed by atoms with Crippen LogP contribution < -0.4 is 0 Å². The SMILES string of the molecule is CCCCCCCn1cc(CCCl)nn1. The summed E-state index contributed by atoms with van der Waals surface area (Å²) in [4.78, 5) is 0. The molecule has 0 amide bonds. The summed E-state index contributed by atoms with van der Waals surface area (Å²) in [7, 11) is 0. The van der Waals surface area contributed by atoms with Crippen LogP contribution in [0.5, 0.6) is 0 Å². The van der Waals surface area contributed by atoms with Crippen molar-refractivity contribution in [3.05, 3.63) is 11.9 Å². The molecule has 0 atom stereocenters. The van der Waals surface area contributed by atoms with E-state index in [9.17, 15) is 0 Å². The van der Waals surface area contributed by atoms with Crippen molar-refractivity contribution < 1.29 is 0 Å². The highest BCUT2D eigenvalue weighted by Gasteiger charge is 1.99. The molecule has 0 spiro atoms. The zero-order valence-corrected chi connectivity index (χ0v) is 10.2. The van der Waals surface area contributed by atoms with Crippen LogP contribution in [-0.4, -0.2) is 20.9 Å². The molecule has 1 rings (SSSR count). The number of nitrogens with zero attached hydrogens (tertiary/aromatic N) is 3. The van der Waals surface area contributed by atoms with Crippen LogP contribution in [0.1, 0.15) is 44.7 Å². The Labute approximate surface area is 96.8 Å². The standard InChI is InChI=1S/C11H20ClN3/c1-2-3-4-5-6-9-15-10-11(7-8-12)13-14-15/h10H,2-9H2,1H3. The summed E-state index contributed by atoms with van der Waals surface area (Å²) >= 11 is 5.63. The predicted molar refractivity (Wildman–Crippen MR) is 63.2 cm³/mol. The number of hydrogen-bond donors (Lipinski definition) is 0. The van der Waals surface area contributed by atoms with E-state index in [0.717, 1.165) is 18.7 Å². The summed E-state index contributed by atoms with van der Waals surface area (Å²) in [6, 6.07) is 0. The fourth-order valence-electron chi connectivity index (χ4n) is 1.54. The number of rotatable bonds is 8. The molecule has 3 nitrogen and oxygen atoms in total. The lowest BCUT2D eigenvalue weighted by Crippen LogP contribution is -1.98. The average Bonchev–Trinajstić information content (AvgIpc) is 2.66. The summed E-state index contributed by atoms with van der Waals surface area (Å²) in [6.07, 6.45) is 9.28. The maximum Gasteiger partial charge on any atom is 0.0839 e. The molecule has 0 saturated carbocycles. The molecular formula is C11H20ClN3. The number of hydrogen-bond acceptors (Lipinski definition) is 2. The number of unbranched alkanes of at least 4 members (excludes halogenated alkanes) is 4. The Balaban J connectivity index is 2.14. The van der Waals surface area contributed by atoms with Crippen molar-refractivity contribution in [1.82, 2.24) is 15.0 Å². The van der Waals surface area contributed by atoms with Crippen LogP contribution in [0.25, 0.3) is 0 Å². The lowest BCUT2D eigenvalue weighted by Gasteiger charge is -1.99. The van der Waals surface area contributed by atoms with Crippen molar-refractivity contribution in [2.75, 3.05) is 5.88 Å². The van der Waals surface area contributed by atoms with Gasteiger partial charge in [-0.2, -0.15) is 0 Å². The lowest BCUT2D eigenvalue weighted by atomic mass is 10.1. The quantitative estimate of drug-likeness (QED) is 0.507. The maximum absolute atomic E-state index is 5.63. The monoisotopic (exact) mass is 229 g/mol. The van der Waals surface area contributed by atoms with E-state index in [1.165, 1.54) is 32.1 Å². The number of aryl methyl sites for hydroxylation is 2. The van der Waals surface area contributed by atoms with Gasteiger partial charge in [-0.3, -0.25) is 4.68 Å². The summed E-state index contributed by atoms with van der Waals surface area (Å²) in [6.45, 7) is 3.22. The van der Waals surface area contributed by atoms with Gasteiger partial charge in [0.15, 0.2) is 0 Å². The van der Waals surface area contributed by atoms with Crippen LogP contribution in [0, 0.1) is 0 Å². The Morgan fingerprint density at radius 1 is 1.27 bits per heavy atom. The van der Waals surface area contributed by atoms with Gasteiger partial charge in [0.25, 0.3) is 0 Å². The topological polar surface area (TPSA) is 30.7 Å². The Morgan fingerprint density at radius 3 is 2.80 bits per heavy atom. The molecule has 0 bridgehead atoms. The van der Waals surface area contributed by atoms with Crippen molar-refractivity contribution in [2.45, 2.75) is 52.0 Å². The Bertz CT molecular complexity index is 260. The molecule has 86 valence electrons. The minimum absolute atomic E-state index is 0.620. The van der Waals surface area contributed by atoms with Crippen molar-refractivity contribution in [1.29, 1.82) is 0 Å². The molecule has 1 aromatic heterocycles. The number of alkyl halides is 1. The lowest BCUT2D eigenvalue weighted by molar-refractivity contribution is 0.521. The van der Waals surface area contributed by atoms with E-state index in [1.807, 2.05) is 10.9 Å². The first-order chi connectivity index (χ1) is 7.36. The van der Waals surface area contributed by atoms with E-state index in [-0.39, 0.29) is 0 Å². The second kappa shape index (κ2) is 7.69. The number of halogens is 1. The molecule has 1 heterocycles. The molecule has 4 heteroatoms. The molecule has 15 heavy (non-hydrogen) atoms. The molecule has 0 aliphatic rings. The van der Waals surface area contributed by atoms with E-state index >= 15 is 0 Å². The van der Waals surface area contributed by atoms with Gasteiger partial charge in [-0.1, -0.05) is 37.8 Å².